The minimum atomic E-state index is 0.721. The highest BCUT2D eigenvalue weighted by atomic mass is 32.1. The highest BCUT2D eigenvalue weighted by Gasteiger charge is 1.99. The first-order chi connectivity index (χ1) is 5.90. The number of nitrogens with one attached hydrogen (secondary N) is 1. The van der Waals surface area contributed by atoms with Gasteiger partial charge in [-0.25, -0.2) is 4.98 Å². The second-order valence-electron chi connectivity index (χ2n) is 2.23. The largest absolute Gasteiger partial charge is 0.253 e. The fraction of sp³-hybridized carbons (Fsp3) is 0. The van der Waals surface area contributed by atoms with Crippen molar-refractivity contribution in [2.75, 3.05) is 5.43 Å². The van der Waals surface area contributed by atoms with Gasteiger partial charge in [0.1, 0.15) is 0 Å². The number of fused-ring (bicyclic) bond motifs is 1. The van der Waals surface area contributed by atoms with Crippen molar-refractivity contribution in [2.24, 2.45) is 5.10 Å². The van der Waals surface area contributed by atoms with Crippen LogP contribution in [0.5, 0.6) is 0 Å². The molecule has 0 fully saturated rings. The van der Waals surface area contributed by atoms with E-state index in [1.54, 1.807) is 0 Å². The van der Waals surface area contributed by atoms with Crippen LogP contribution in [0.15, 0.2) is 29.4 Å². The molecule has 0 unspecified atom stereocenters. The fourth-order valence-corrected chi connectivity index (χ4v) is 1.79. The average Bonchev–Trinajstić information content (AvgIpc) is 2.47. The molecule has 3 nitrogen and oxygen atoms in total. The van der Waals surface area contributed by atoms with Crippen LogP contribution in [0.1, 0.15) is 0 Å². The third kappa shape index (κ3) is 1.16. The van der Waals surface area contributed by atoms with Gasteiger partial charge in [0.15, 0.2) is 0 Å². The zero-order valence-corrected chi connectivity index (χ0v) is 7.01. The molecule has 0 bridgehead atoms. The zero-order valence-electron chi connectivity index (χ0n) is 6.19. The fourth-order valence-electron chi connectivity index (χ4n) is 0.975. The Labute approximate surface area is 73.8 Å². The van der Waals surface area contributed by atoms with Gasteiger partial charge in [0.25, 0.3) is 0 Å². The lowest BCUT2D eigenvalue weighted by molar-refractivity contribution is 1.32. The molecular formula is C8H6N3S. The molecule has 0 saturated carbocycles. The van der Waals surface area contributed by atoms with E-state index in [9.17, 15) is 0 Å². The summed E-state index contributed by atoms with van der Waals surface area (Å²) in [5.41, 5.74) is 3.57. The van der Waals surface area contributed by atoms with Crippen molar-refractivity contribution in [1.82, 2.24) is 4.98 Å². The Kier molecular flexibility index (Phi) is 1.75. The van der Waals surface area contributed by atoms with Crippen LogP contribution in [-0.2, 0) is 0 Å². The van der Waals surface area contributed by atoms with Crippen LogP contribution < -0.4 is 5.43 Å². The zero-order chi connectivity index (χ0) is 8.39. The molecule has 1 heterocycles. The van der Waals surface area contributed by atoms with Crippen LogP contribution in [-0.4, -0.2) is 11.7 Å². The van der Waals surface area contributed by atoms with Crippen molar-refractivity contribution < 1.29 is 0 Å². The van der Waals surface area contributed by atoms with Gasteiger partial charge in [-0.1, -0.05) is 23.5 Å². The summed E-state index contributed by atoms with van der Waals surface area (Å²) in [6.45, 7) is 4.96. The molecule has 0 spiro atoms. The molecule has 1 radical (unpaired) electrons. The molecule has 1 aromatic carbocycles. The number of hydrogen-bond acceptors (Lipinski definition) is 4. The molecule has 4 heteroatoms. The van der Waals surface area contributed by atoms with E-state index in [1.807, 2.05) is 24.3 Å². The van der Waals surface area contributed by atoms with E-state index >= 15 is 0 Å². The number of anilines is 1. The van der Waals surface area contributed by atoms with Crippen LogP contribution in [0, 0.1) is 0 Å². The average molecular weight is 176 g/mol. The van der Waals surface area contributed by atoms with E-state index in [1.165, 1.54) is 11.3 Å². The molecule has 0 atom stereocenters. The summed E-state index contributed by atoms with van der Waals surface area (Å²) < 4.78 is 1.13. The van der Waals surface area contributed by atoms with Gasteiger partial charge in [-0.3, -0.25) is 5.43 Å². The molecule has 1 aromatic heterocycles. The normalized spacial score (nSPS) is 10.0. The Morgan fingerprint density at radius 2 is 2.25 bits per heavy atom. The van der Waals surface area contributed by atoms with Crippen molar-refractivity contribution in [3.8, 4) is 0 Å². The number of para-hydroxylation sites is 1. The Bertz CT molecular complexity index is 374. The molecule has 0 aliphatic rings. The standard InChI is InChI=1S/C8H6N3S/c1-9-11-8-10-6-4-2-3-5-7(6)12-8/h1-5H,(H,10,11). The summed E-state index contributed by atoms with van der Waals surface area (Å²) in [4.78, 5) is 4.24. The molecular weight excluding hydrogens is 170 g/mol. The molecule has 0 aliphatic heterocycles. The molecule has 0 aliphatic carbocycles. The number of nitrogens with zero attached hydrogens (tertiary/aromatic N) is 2. The second kappa shape index (κ2) is 2.91. The van der Waals surface area contributed by atoms with Crippen molar-refractivity contribution in [3.63, 3.8) is 0 Å². The third-order valence-corrected chi connectivity index (χ3v) is 2.40. The minimum Gasteiger partial charge on any atom is -0.253 e. The van der Waals surface area contributed by atoms with E-state index in [2.05, 4.69) is 15.5 Å². The first kappa shape index (κ1) is 7.24. The number of rotatable bonds is 2. The Morgan fingerprint density at radius 3 is 3.00 bits per heavy atom. The summed E-state index contributed by atoms with van der Waals surface area (Å²) in [5.74, 6) is 0. The lowest BCUT2D eigenvalue weighted by atomic mass is 10.3. The van der Waals surface area contributed by atoms with Gasteiger partial charge in [0.2, 0.25) is 5.13 Å². The van der Waals surface area contributed by atoms with Gasteiger partial charge < -0.3 is 0 Å². The number of hydrazone groups is 1. The predicted octanol–water partition coefficient (Wildman–Crippen LogP) is 2.20. The topological polar surface area (TPSA) is 37.3 Å². The Hall–Kier alpha value is -1.42. The molecule has 1 N–H and O–H groups in total. The smallest absolute Gasteiger partial charge is 0.204 e. The van der Waals surface area contributed by atoms with Crippen LogP contribution >= 0.6 is 11.3 Å². The molecule has 2 rings (SSSR count). The Balaban J connectivity index is 2.54. The van der Waals surface area contributed by atoms with Gasteiger partial charge in [-0.2, -0.15) is 5.10 Å². The van der Waals surface area contributed by atoms with Crippen molar-refractivity contribution in [1.29, 1.82) is 0 Å². The van der Waals surface area contributed by atoms with Gasteiger partial charge in [0, 0.05) is 0 Å². The lowest BCUT2D eigenvalue weighted by Crippen LogP contribution is -1.82. The maximum absolute atomic E-state index is 4.96. The summed E-state index contributed by atoms with van der Waals surface area (Å²) in [6, 6.07) is 7.89. The first-order valence-electron chi connectivity index (χ1n) is 3.41. The summed E-state index contributed by atoms with van der Waals surface area (Å²) >= 11 is 1.53. The monoisotopic (exact) mass is 176 g/mol. The van der Waals surface area contributed by atoms with Gasteiger partial charge >= 0.3 is 0 Å². The van der Waals surface area contributed by atoms with Crippen LogP contribution in [0.25, 0.3) is 10.2 Å². The van der Waals surface area contributed by atoms with Gasteiger partial charge in [-0.15, -0.1) is 0 Å². The maximum Gasteiger partial charge on any atom is 0.204 e. The number of aromatic nitrogens is 1. The maximum atomic E-state index is 4.96. The number of hydrogen-bond donors (Lipinski definition) is 1. The van der Waals surface area contributed by atoms with Crippen molar-refractivity contribution in [2.45, 2.75) is 0 Å². The molecule has 0 amide bonds. The first-order valence-corrected chi connectivity index (χ1v) is 4.23. The second-order valence-corrected chi connectivity index (χ2v) is 3.26. The summed E-state index contributed by atoms with van der Waals surface area (Å²) in [5, 5.41) is 4.02. The predicted molar refractivity (Wildman–Crippen MR) is 51.7 cm³/mol. The summed E-state index contributed by atoms with van der Waals surface area (Å²) in [6.07, 6.45) is 0. The van der Waals surface area contributed by atoms with E-state index in [4.69, 9.17) is 6.72 Å². The van der Waals surface area contributed by atoms with E-state index in [-0.39, 0.29) is 0 Å². The van der Waals surface area contributed by atoms with Crippen LogP contribution in [0.3, 0.4) is 0 Å². The quantitative estimate of drug-likeness (QED) is 0.562. The molecule has 0 saturated heterocycles. The van der Waals surface area contributed by atoms with Gasteiger partial charge in [-0.05, 0) is 12.1 Å². The Morgan fingerprint density at radius 1 is 1.42 bits per heavy atom. The highest BCUT2D eigenvalue weighted by molar-refractivity contribution is 7.22. The van der Waals surface area contributed by atoms with Crippen molar-refractivity contribution >= 4 is 33.4 Å². The van der Waals surface area contributed by atoms with Crippen LogP contribution in [0.2, 0.25) is 0 Å². The SMILES string of the molecule is [CH]=NNc1nc2ccccc2s1. The number of thiazole rings is 1. The minimum absolute atomic E-state index is 0.721. The summed E-state index contributed by atoms with van der Waals surface area (Å²) in [7, 11) is 0. The molecule has 2 aromatic rings. The number of benzene rings is 1. The third-order valence-electron chi connectivity index (χ3n) is 1.45. The van der Waals surface area contributed by atoms with Gasteiger partial charge in [0.05, 0.1) is 16.9 Å². The lowest BCUT2D eigenvalue weighted by Gasteiger charge is -1.86. The van der Waals surface area contributed by atoms with E-state index < -0.39 is 0 Å². The van der Waals surface area contributed by atoms with Crippen LogP contribution in [0.4, 0.5) is 5.13 Å². The molecule has 59 valence electrons. The highest BCUT2D eigenvalue weighted by Crippen LogP contribution is 2.24. The molecule has 12 heavy (non-hydrogen) atoms. The van der Waals surface area contributed by atoms with E-state index in [0.717, 1.165) is 15.3 Å². The van der Waals surface area contributed by atoms with E-state index in [0.29, 0.717) is 0 Å². The van der Waals surface area contributed by atoms with Crippen molar-refractivity contribution in [3.05, 3.63) is 24.3 Å².